The molecule has 10 heteroatoms. The zero-order chi connectivity index (χ0) is 23.6. The maximum Gasteiger partial charge on any atom is 0.410 e. The number of alkyl halides is 3. The number of para-hydroxylation sites is 1. The first kappa shape index (κ1) is 22.4. The Bertz CT molecular complexity index is 1160. The van der Waals surface area contributed by atoms with Crippen LogP contribution in [0.1, 0.15) is 51.8 Å². The van der Waals surface area contributed by atoms with Crippen LogP contribution in [0.4, 0.5) is 24.7 Å². The summed E-state index contributed by atoms with van der Waals surface area (Å²) < 4.78 is 47.3. The smallest absolute Gasteiger partial charge is 0.410 e. The first-order valence-corrected chi connectivity index (χ1v) is 10.3. The number of nitrogens with one attached hydrogen (secondary N) is 2. The first-order chi connectivity index (χ1) is 15.8. The predicted molar refractivity (Wildman–Crippen MR) is 115 cm³/mol. The van der Waals surface area contributed by atoms with Gasteiger partial charge in [-0.15, -0.1) is 0 Å². The highest BCUT2D eigenvalue weighted by Gasteiger charge is 2.46. The van der Waals surface area contributed by atoms with E-state index in [0.717, 1.165) is 4.68 Å². The number of nitrogens with zero attached hydrogens (tertiary/aromatic N) is 2. The van der Waals surface area contributed by atoms with Gasteiger partial charge in [0.1, 0.15) is 5.82 Å². The zero-order valence-corrected chi connectivity index (χ0v) is 17.6. The molecule has 2 aromatic carbocycles. The zero-order valence-electron chi connectivity index (χ0n) is 17.6. The second kappa shape index (κ2) is 8.97. The summed E-state index contributed by atoms with van der Waals surface area (Å²) in [4.78, 5) is 25.0. The number of hydrogen-bond acceptors (Lipinski definition) is 5. The quantitative estimate of drug-likeness (QED) is 0.527. The summed E-state index contributed by atoms with van der Waals surface area (Å²) in [5, 5.41) is 9.53. The molecule has 3 aromatic rings. The van der Waals surface area contributed by atoms with E-state index in [0.29, 0.717) is 5.56 Å². The molecular formula is C23H21F3N4O3. The molecule has 7 nitrogen and oxygen atoms in total. The van der Waals surface area contributed by atoms with Gasteiger partial charge >= 0.3 is 12.1 Å². The van der Waals surface area contributed by atoms with E-state index >= 15 is 0 Å². The average Bonchev–Trinajstić information content (AvgIpc) is 3.23. The first-order valence-electron chi connectivity index (χ1n) is 10.3. The number of halogens is 3. The van der Waals surface area contributed by atoms with Crippen LogP contribution in [0.5, 0.6) is 0 Å². The lowest BCUT2D eigenvalue weighted by Crippen LogP contribution is -2.35. The largest absolute Gasteiger partial charge is 0.462 e. The number of benzene rings is 2. The van der Waals surface area contributed by atoms with Gasteiger partial charge in [0.15, 0.2) is 11.7 Å². The van der Waals surface area contributed by atoms with Gasteiger partial charge in [0.25, 0.3) is 5.91 Å². The Hall–Kier alpha value is -3.82. The van der Waals surface area contributed by atoms with E-state index in [1.54, 1.807) is 49.4 Å². The van der Waals surface area contributed by atoms with Crippen LogP contribution < -0.4 is 10.6 Å². The van der Waals surface area contributed by atoms with Crippen LogP contribution in [-0.4, -0.2) is 34.4 Å². The highest BCUT2D eigenvalue weighted by Crippen LogP contribution is 2.43. The lowest BCUT2D eigenvalue weighted by atomic mass is 9.97. The van der Waals surface area contributed by atoms with Crippen LogP contribution in [0.15, 0.2) is 60.7 Å². The number of amides is 1. The molecule has 1 amide bonds. The fourth-order valence-electron chi connectivity index (χ4n) is 3.75. The standard InChI is InChI=1S/C23H21F3N4O3/c1-2-33-22(32)15-10-6-7-11-16(15)28-21(31)18-13-20-27-17(14-8-4-3-5-9-14)12-19(23(24,25)26)30(20)29-18/h3-11,13,17,19,27H,2,12H2,1H3,(H,28,31). The third-order valence-electron chi connectivity index (χ3n) is 5.30. The number of carbonyl (C=O) groups excluding carboxylic acids is 2. The van der Waals surface area contributed by atoms with E-state index < -0.39 is 30.1 Å². The summed E-state index contributed by atoms with van der Waals surface area (Å²) in [7, 11) is 0. The molecule has 0 aliphatic carbocycles. The number of esters is 1. The topological polar surface area (TPSA) is 85.2 Å². The minimum absolute atomic E-state index is 0.0845. The number of fused-ring (bicyclic) bond motifs is 1. The molecule has 2 atom stereocenters. The number of anilines is 2. The number of carbonyl (C=O) groups is 2. The minimum Gasteiger partial charge on any atom is -0.462 e. The number of rotatable bonds is 5. The summed E-state index contributed by atoms with van der Waals surface area (Å²) in [6, 6.07) is 13.8. The van der Waals surface area contributed by atoms with Crippen LogP contribution >= 0.6 is 0 Å². The predicted octanol–water partition coefficient (Wildman–Crippen LogP) is 4.97. The molecular weight excluding hydrogens is 437 g/mol. The molecule has 4 rings (SSSR count). The highest BCUT2D eigenvalue weighted by molar-refractivity contribution is 6.07. The van der Waals surface area contributed by atoms with Crippen molar-refractivity contribution in [3.05, 3.63) is 77.5 Å². The SMILES string of the molecule is CCOC(=O)c1ccccc1NC(=O)c1cc2n(n1)C(C(F)(F)F)CC(c1ccccc1)N2. The van der Waals surface area contributed by atoms with Crippen molar-refractivity contribution in [1.29, 1.82) is 0 Å². The molecule has 172 valence electrons. The van der Waals surface area contributed by atoms with Crippen molar-refractivity contribution in [1.82, 2.24) is 9.78 Å². The highest BCUT2D eigenvalue weighted by atomic mass is 19.4. The number of ether oxygens (including phenoxy) is 1. The summed E-state index contributed by atoms with van der Waals surface area (Å²) in [6.07, 6.45) is -4.82. The fraction of sp³-hybridized carbons (Fsp3) is 0.261. The fourth-order valence-corrected chi connectivity index (χ4v) is 3.75. The van der Waals surface area contributed by atoms with Crippen LogP contribution in [-0.2, 0) is 4.74 Å². The number of hydrogen-bond donors (Lipinski definition) is 2. The molecule has 0 saturated heterocycles. The third-order valence-corrected chi connectivity index (χ3v) is 5.30. The summed E-state index contributed by atoms with van der Waals surface area (Å²) in [5.74, 6) is -1.28. The lowest BCUT2D eigenvalue weighted by Gasteiger charge is -2.33. The van der Waals surface area contributed by atoms with Crippen molar-refractivity contribution in [2.75, 3.05) is 17.2 Å². The second-order valence-electron chi connectivity index (χ2n) is 7.48. The van der Waals surface area contributed by atoms with Gasteiger partial charge in [-0.2, -0.15) is 18.3 Å². The molecule has 2 N–H and O–H groups in total. The molecule has 1 aliphatic heterocycles. The van der Waals surface area contributed by atoms with Gasteiger partial charge in [-0.1, -0.05) is 42.5 Å². The van der Waals surface area contributed by atoms with Crippen molar-refractivity contribution in [3.8, 4) is 0 Å². The summed E-state index contributed by atoms with van der Waals surface area (Å²) in [6.45, 7) is 1.81. The van der Waals surface area contributed by atoms with E-state index in [-0.39, 0.29) is 35.8 Å². The van der Waals surface area contributed by atoms with Crippen molar-refractivity contribution >= 4 is 23.4 Å². The van der Waals surface area contributed by atoms with E-state index in [1.807, 2.05) is 0 Å². The molecule has 0 spiro atoms. The normalized spacial score (nSPS) is 17.6. The summed E-state index contributed by atoms with van der Waals surface area (Å²) in [5.41, 5.74) is 0.800. The Morgan fingerprint density at radius 3 is 2.55 bits per heavy atom. The number of aromatic nitrogens is 2. The molecule has 0 saturated carbocycles. The Morgan fingerprint density at radius 2 is 1.85 bits per heavy atom. The molecule has 0 radical (unpaired) electrons. The molecule has 1 aliphatic rings. The van der Waals surface area contributed by atoms with E-state index in [9.17, 15) is 22.8 Å². The molecule has 2 unspecified atom stereocenters. The van der Waals surface area contributed by atoms with Crippen LogP contribution in [0, 0.1) is 0 Å². The Kier molecular flexibility index (Phi) is 6.08. The minimum atomic E-state index is -4.56. The van der Waals surface area contributed by atoms with Gasteiger partial charge in [-0.3, -0.25) is 4.79 Å². The third kappa shape index (κ3) is 4.69. The van der Waals surface area contributed by atoms with Crippen molar-refractivity contribution in [2.45, 2.75) is 31.6 Å². The average molecular weight is 458 g/mol. The molecule has 33 heavy (non-hydrogen) atoms. The molecule has 0 fully saturated rings. The van der Waals surface area contributed by atoms with Crippen molar-refractivity contribution < 1.29 is 27.5 Å². The molecule has 1 aromatic heterocycles. The van der Waals surface area contributed by atoms with E-state index in [2.05, 4.69) is 15.7 Å². The van der Waals surface area contributed by atoms with Gasteiger partial charge in [-0.25, -0.2) is 9.48 Å². The van der Waals surface area contributed by atoms with Gasteiger partial charge in [0.05, 0.1) is 23.9 Å². The molecule has 2 heterocycles. The maximum atomic E-state index is 13.8. The molecule has 0 bridgehead atoms. The van der Waals surface area contributed by atoms with Crippen LogP contribution in [0.25, 0.3) is 0 Å². The Balaban J connectivity index is 1.63. The monoisotopic (exact) mass is 458 g/mol. The van der Waals surface area contributed by atoms with Crippen LogP contribution in [0.3, 0.4) is 0 Å². The van der Waals surface area contributed by atoms with Crippen LogP contribution in [0.2, 0.25) is 0 Å². The Morgan fingerprint density at radius 1 is 1.15 bits per heavy atom. The van der Waals surface area contributed by atoms with Gasteiger partial charge in [0.2, 0.25) is 0 Å². The Labute approximate surface area is 187 Å². The van der Waals surface area contributed by atoms with Crippen molar-refractivity contribution in [2.24, 2.45) is 0 Å². The van der Waals surface area contributed by atoms with Gasteiger partial charge in [0, 0.05) is 12.5 Å². The van der Waals surface area contributed by atoms with Crippen molar-refractivity contribution in [3.63, 3.8) is 0 Å². The lowest BCUT2D eigenvalue weighted by molar-refractivity contribution is -0.173. The van der Waals surface area contributed by atoms with E-state index in [1.165, 1.54) is 18.2 Å². The van der Waals surface area contributed by atoms with Gasteiger partial charge < -0.3 is 15.4 Å². The maximum absolute atomic E-state index is 13.8. The summed E-state index contributed by atoms with van der Waals surface area (Å²) >= 11 is 0. The van der Waals surface area contributed by atoms with E-state index in [4.69, 9.17) is 4.74 Å². The second-order valence-corrected chi connectivity index (χ2v) is 7.48. The van der Waals surface area contributed by atoms with Gasteiger partial charge in [-0.05, 0) is 24.6 Å².